The second-order valence-corrected chi connectivity index (χ2v) is 9.32. The number of hydrogen-bond donors (Lipinski definition) is 0. The molecule has 1 unspecified atom stereocenters. The fraction of sp³-hybridized carbons (Fsp3) is 0.857. The second-order valence-electron chi connectivity index (χ2n) is 6.95. The predicted molar refractivity (Wildman–Crippen MR) is 81.8 cm³/mol. The number of hydrogen-bond acceptors (Lipinski definition) is 3. The van der Waals surface area contributed by atoms with Crippen molar-refractivity contribution in [1.82, 2.24) is 0 Å². The van der Waals surface area contributed by atoms with Crippen molar-refractivity contribution in [3.8, 4) is 0 Å². The Kier molecular flexibility index (Phi) is 4.31. The van der Waals surface area contributed by atoms with Crippen LogP contribution in [0, 0.1) is 0 Å². The zero-order chi connectivity index (χ0) is 14.3. The average Bonchev–Trinajstić information content (AvgIpc) is 2.48. The minimum absolute atomic E-state index is 0.165. The lowest BCUT2D eigenvalue weighted by Crippen LogP contribution is -2.41. The SMILES string of the molecule is C[SiH](C)OC1CC=C(B2OC(C)(C)C(C)(C)O2)CC1. The van der Waals surface area contributed by atoms with Gasteiger partial charge in [0.1, 0.15) is 0 Å². The zero-order valence-electron chi connectivity index (χ0n) is 13.2. The molecule has 0 amide bonds. The smallest absolute Gasteiger partial charge is 0.417 e. The Morgan fingerprint density at radius 3 is 2.21 bits per heavy atom. The van der Waals surface area contributed by atoms with Gasteiger partial charge in [-0.15, -0.1) is 0 Å². The van der Waals surface area contributed by atoms with Crippen LogP contribution in [0.2, 0.25) is 13.1 Å². The van der Waals surface area contributed by atoms with Crippen molar-refractivity contribution >= 4 is 16.2 Å². The van der Waals surface area contributed by atoms with E-state index in [9.17, 15) is 0 Å². The highest BCUT2D eigenvalue weighted by Gasteiger charge is 2.52. The summed E-state index contributed by atoms with van der Waals surface area (Å²) in [5, 5.41) is 0. The Morgan fingerprint density at radius 2 is 1.79 bits per heavy atom. The fourth-order valence-corrected chi connectivity index (χ4v) is 3.56. The molecule has 0 aromatic carbocycles. The summed E-state index contributed by atoms with van der Waals surface area (Å²) in [6.45, 7) is 12.9. The summed E-state index contributed by atoms with van der Waals surface area (Å²) in [5.41, 5.74) is 0.817. The molecule has 1 heterocycles. The van der Waals surface area contributed by atoms with E-state index in [1.165, 1.54) is 5.47 Å². The quantitative estimate of drug-likeness (QED) is 0.744. The van der Waals surface area contributed by atoms with Gasteiger partial charge in [0.2, 0.25) is 0 Å². The van der Waals surface area contributed by atoms with Crippen LogP contribution in [0.15, 0.2) is 11.5 Å². The summed E-state index contributed by atoms with van der Waals surface area (Å²) in [6, 6.07) is 0. The van der Waals surface area contributed by atoms with Crippen molar-refractivity contribution in [3.63, 3.8) is 0 Å². The first-order valence-corrected chi connectivity index (χ1v) is 10.2. The maximum absolute atomic E-state index is 6.10. The monoisotopic (exact) mass is 282 g/mol. The first kappa shape index (κ1) is 15.3. The van der Waals surface area contributed by atoms with Crippen LogP contribution in [0.5, 0.6) is 0 Å². The summed E-state index contributed by atoms with van der Waals surface area (Å²) < 4.78 is 18.2. The van der Waals surface area contributed by atoms with E-state index in [1.807, 2.05) is 0 Å². The lowest BCUT2D eigenvalue weighted by atomic mass is 9.72. The number of rotatable bonds is 3. The molecule has 19 heavy (non-hydrogen) atoms. The van der Waals surface area contributed by atoms with Crippen LogP contribution >= 0.6 is 0 Å². The van der Waals surface area contributed by atoms with Gasteiger partial charge in [-0.05, 0) is 65.5 Å². The van der Waals surface area contributed by atoms with Gasteiger partial charge in [-0.3, -0.25) is 0 Å². The summed E-state index contributed by atoms with van der Waals surface area (Å²) >= 11 is 0. The van der Waals surface area contributed by atoms with Gasteiger partial charge >= 0.3 is 7.12 Å². The van der Waals surface area contributed by atoms with Crippen LogP contribution in [-0.4, -0.2) is 33.5 Å². The molecule has 0 spiro atoms. The van der Waals surface area contributed by atoms with Crippen LogP contribution in [0.25, 0.3) is 0 Å². The molecule has 1 saturated heterocycles. The molecule has 0 bridgehead atoms. The van der Waals surface area contributed by atoms with Crippen molar-refractivity contribution in [2.45, 2.75) is 77.4 Å². The minimum atomic E-state index is -0.925. The summed E-state index contributed by atoms with van der Waals surface area (Å²) in [7, 11) is -1.09. The second kappa shape index (κ2) is 5.36. The van der Waals surface area contributed by atoms with E-state index < -0.39 is 9.04 Å². The summed E-state index contributed by atoms with van der Waals surface area (Å²) in [5.74, 6) is 0. The van der Waals surface area contributed by atoms with Crippen LogP contribution < -0.4 is 0 Å². The fourth-order valence-electron chi connectivity index (χ4n) is 2.55. The lowest BCUT2D eigenvalue weighted by molar-refractivity contribution is 0.00578. The first-order chi connectivity index (χ1) is 8.71. The highest BCUT2D eigenvalue weighted by Crippen LogP contribution is 2.40. The molecule has 0 radical (unpaired) electrons. The maximum Gasteiger partial charge on any atom is 0.490 e. The molecule has 0 aromatic rings. The highest BCUT2D eigenvalue weighted by molar-refractivity contribution is 6.54. The molecule has 108 valence electrons. The Labute approximate surface area is 119 Å². The van der Waals surface area contributed by atoms with Crippen LogP contribution in [-0.2, 0) is 13.7 Å². The van der Waals surface area contributed by atoms with E-state index in [-0.39, 0.29) is 18.3 Å². The topological polar surface area (TPSA) is 27.7 Å². The van der Waals surface area contributed by atoms with Gasteiger partial charge in [-0.25, -0.2) is 0 Å². The van der Waals surface area contributed by atoms with E-state index in [0.717, 1.165) is 19.3 Å². The van der Waals surface area contributed by atoms with Gasteiger partial charge in [0.25, 0.3) is 0 Å². The zero-order valence-corrected chi connectivity index (χ0v) is 14.3. The Hall–Kier alpha value is -0.0982. The van der Waals surface area contributed by atoms with Crippen LogP contribution in [0.4, 0.5) is 0 Å². The van der Waals surface area contributed by atoms with E-state index in [2.05, 4.69) is 46.9 Å². The first-order valence-electron chi connectivity index (χ1n) is 7.41. The molecule has 2 aliphatic rings. The molecular weight excluding hydrogens is 255 g/mol. The average molecular weight is 282 g/mol. The van der Waals surface area contributed by atoms with E-state index in [1.54, 1.807) is 0 Å². The molecule has 0 N–H and O–H groups in total. The normalized spacial score (nSPS) is 29.7. The molecule has 3 nitrogen and oxygen atoms in total. The van der Waals surface area contributed by atoms with Crippen molar-refractivity contribution in [3.05, 3.63) is 11.5 Å². The molecule has 1 atom stereocenters. The third kappa shape index (κ3) is 3.32. The summed E-state index contributed by atoms with van der Waals surface area (Å²) in [6.07, 6.45) is 5.82. The molecule has 0 aromatic heterocycles. The molecule has 1 aliphatic heterocycles. The standard InChI is InChI=1S/C14H27BO3Si/c1-13(2)14(3,4)18-15(17-13)11-7-9-12(10-8-11)16-19(5)6/h7,12,19H,8-10H2,1-6H3. The van der Waals surface area contributed by atoms with Crippen LogP contribution in [0.1, 0.15) is 47.0 Å². The van der Waals surface area contributed by atoms with Crippen molar-refractivity contribution in [1.29, 1.82) is 0 Å². The molecule has 5 heteroatoms. The predicted octanol–water partition coefficient (Wildman–Crippen LogP) is 3.10. The third-order valence-corrected chi connectivity index (χ3v) is 5.35. The number of allylic oxidation sites excluding steroid dienone is 1. The van der Waals surface area contributed by atoms with Gasteiger partial charge in [-0.2, -0.15) is 0 Å². The van der Waals surface area contributed by atoms with Crippen molar-refractivity contribution in [2.24, 2.45) is 0 Å². The van der Waals surface area contributed by atoms with E-state index in [0.29, 0.717) is 6.10 Å². The van der Waals surface area contributed by atoms with Gasteiger partial charge < -0.3 is 13.7 Å². The molecular formula is C14H27BO3Si. The Balaban J connectivity index is 1.97. The molecule has 0 saturated carbocycles. The maximum atomic E-state index is 6.10. The van der Waals surface area contributed by atoms with Crippen LogP contribution in [0.3, 0.4) is 0 Å². The van der Waals surface area contributed by atoms with Gasteiger partial charge in [-0.1, -0.05) is 6.08 Å². The molecule has 2 rings (SSSR count). The summed E-state index contributed by atoms with van der Waals surface area (Å²) in [4.78, 5) is 0. The Morgan fingerprint density at radius 1 is 1.21 bits per heavy atom. The van der Waals surface area contributed by atoms with E-state index in [4.69, 9.17) is 13.7 Å². The third-order valence-electron chi connectivity index (χ3n) is 4.42. The highest BCUT2D eigenvalue weighted by atomic mass is 28.3. The van der Waals surface area contributed by atoms with Gasteiger partial charge in [0.05, 0.1) is 11.2 Å². The van der Waals surface area contributed by atoms with E-state index >= 15 is 0 Å². The Bertz CT molecular complexity index is 350. The largest absolute Gasteiger partial charge is 0.490 e. The van der Waals surface area contributed by atoms with Crippen molar-refractivity contribution in [2.75, 3.05) is 0 Å². The lowest BCUT2D eigenvalue weighted by Gasteiger charge is -2.32. The van der Waals surface area contributed by atoms with Crippen molar-refractivity contribution < 1.29 is 13.7 Å². The van der Waals surface area contributed by atoms with Gasteiger partial charge in [0.15, 0.2) is 9.04 Å². The molecule has 1 aliphatic carbocycles. The van der Waals surface area contributed by atoms with Gasteiger partial charge in [0, 0.05) is 6.10 Å². The minimum Gasteiger partial charge on any atom is -0.417 e. The molecule has 1 fully saturated rings.